The topological polar surface area (TPSA) is 15.3 Å². The molecule has 0 bridgehead atoms. The highest BCUT2D eigenvalue weighted by molar-refractivity contribution is 5.85. The Balaban J connectivity index is 0.000000481. The van der Waals surface area contributed by atoms with Gasteiger partial charge >= 0.3 is 0 Å². The Bertz CT molecular complexity index is 725. The molecule has 0 aromatic heterocycles. The molecule has 0 aliphatic carbocycles. The molecule has 0 atom stereocenters. The molecule has 1 N–H and O–H groups in total. The van der Waals surface area contributed by atoms with Crippen LogP contribution in [-0.2, 0) is 6.42 Å². The van der Waals surface area contributed by atoms with Gasteiger partial charge in [0.15, 0.2) is 0 Å². The average molecular weight is 413 g/mol. The summed E-state index contributed by atoms with van der Waals surface area (Å²) in [5.41, 5.74) is 2.92. The minimum absolute atomic E-state index is 0.500. The predicted octanol–water partition coefficient (Wildman–Crippen LogP) is 6.59. The number of hydrogen-bond donors (Lipinski definition) is 1. The number of nitrogens with zero attached hydrogens (tertiary/aromatic N) is 1. The van der Waals surface area contributed by atoms with Crippen molar-refractivity contribution in [2.75, 3.05) is 39.9 Å². The van der Waals surface area contributed by atoms with Gasteiger partial charge < -0.3 is 5.32 Å². The van der Waals surface area contributed by atoms with E-state index in [0.29, 0.717) is 7.18 Å². The Morgan fingerprint density at radius 3 is 2.33 bits per heavy atom. The van der Waals surface area contributed by atoms with Gasteiger partial charge in [-0.3, -0.25) is 9.29 Å². The molecule has 2 aromatic carbocycles. The van der Waals surface area contributed by atoms with E-state index in [0.717, 1.165) is 19.6 Å². The molecule has 2 aromatic rings. The fraction of sp³-hybridized carbons (Fsp3) is 0.407. The van der Waals surface area contributed by atoms with Crippen LogP contribution in [0.2, 0.25) is 0 Å². The number of nitrogens with one attached hydrogen (secondary N) is 1. The second-order valence-corrected chi connectivity index (χ2v) is 6.95. The summed E-state index contributed by atoms with van der Waals surface area (Å²) in [6.07, 6.45) is 8.77. The lowest BCUT2D eigenvalue weighted by Gasteiger charge is -2.27. The molecule has 1 fully saturated rings. The second-order valence-electron chi connectivity index (χ2n) is 6.95. The molecule has 0 unspecified atom stereocenters. The third-order valence-electron chi connectivity index (χ3n) is 4.66. The summed E-state index contributed by atoms with van der Waals surface area (Å²) in [7, 11) is 0.500. The van der Waals surface area contributed by atoms with E-state index in [1.807, 2.05) is 0 Å². The normalized spacial score (nSPS) is 14.1. The number of rotatable bonds is 5. The van der Waals surface area contributed by atoms with Gasteiger partial charge in [-0.15, -0.1) is 13.2 Å². The Morgan fingerprint density at radius 1 is 1.07 bits per heavy atom. The molecule has 0 spiro atoms. The molecule has 0 amide bonds. The molecule has 0 radical (unpaired) electrons. The van der Waals surface area contributed by atoms with Crippen LogP contribution in [0, 0.1) is 0 Å². The van der Waals surface area contributed by atoms with Crippen molar-refractivity contribution < 1.29 is 4.39 Å². The molecule has 1 aliphatic rings. The summed E-state index contributed by atoms with van der Waals surface area (Å²) in [4.78, 5) is 2.49. The first-order valence-electron chi connectivity index (χ1n) is 10.8. The van der Waals surface area contributed by atoms with Crippen molar-refractivity contribution in [3.8, 4) is 0 Å². The van der Waals surface area contributed by atoms with Crippen molar-refractivity contribution in [3.05, 3.63) is 85.0 Å². The number of alkyl halides is 1. The van der Waals surface area contributed by atoms with E-state index in [9.17, 15) is 4.39 Å². The van der Waals surface area contributed by atoms with Gasteiger partial charge in [0.05, 0.1) is 7.18 Å². The summed E-state index contributed by atoms with van der Waals surface area (Å²) in [5.74, 6) is 0. The van der Waals surface area contributed by atoms with Gasteiger partial charge in [-0.25, -0.2) is 0 Å². The molecule has 2 nitrogen and oxygen atoms in total. The zero-order chi connectivity index (χ0) is 22.6. The van der Waals surface area contributed by atoms with Gasteiger partial charge in [0.2, 0.25) is 0 Å². The van der Waals surface area contributed by atoms with E-state index in [1.165, 1.54) is 47.8 Å². The van der Waals surface area contributed by atoms with Crippen LogP contribution in [0.15, 0.2) is 79.4 Å². The number of hydrogen-bond acceptors (Lipinski definition) is 2. The Labute approximate surface area is 184 Å². The first kappa shape index (κ1) is 27.8. The largest absolute Gasteiger partial charge is 0.314 e. The van der Waals surface area contributed by atoms with Gasteiger partial charge in [0, 0.05) is 32.7 Å². The molecule has 3 rings (SSSR count). The monoisotopic (exact) mass is 412 g/mol. The molecule has 1 saturated heterocycles. The summed E-state index contributed by atoms with van der Waals surface area (Å²) in [6, 6.07) is 15.1. The van der Waals surface area contributed by atoms with Crippen LogP contribution in [0.1, 0.15) is 32.8 Å². The minimum atomic E-state index is 0.500. The van der Waals surface area contributed by atoms with Crippen LogP contribution >= 0.6 is 0 Å². The van der Waals surface area contributed by atoms with Crippen LogP contribution in [-0.4, -0.2) is 44.8 Å². The molecule has 30 heavy (non-hydrogen) atoms. The number of allylic oxidation sites excluding steroid dienone is 3. The zero-order valence-electron chi connectivity index (χ0n) is 19.5. The van der Waals surface area contributed by atoms with Gasteiger partial charge in [-0.1, -0.05) is 79.6 Å². The van der Waals surface area contributed by atoms with Crippen LogP contribution in [0.3, 0.4) is 0 Å². The van der Waals surface area contributed by atoms with E-state index in [4.69, 9.17) is 0 Å². The smallest absolute Gasteiger partial charge is 0.0785 e. The molecular weight excluding hydrogens is 371 g/mol. The molecule has 1 aliphatic heterocycles. The van der Waals surface area contributed by atoms with Crippen molar-refractivity contribution in [2.45, 2.75) is 33.6 Å². The lowest BCUT2D eigenvalue weighted by molar-refractivity contribution is 0.259. The maximum atomic E-state index is 9.50. The summed E-state index contributed by atoms with van der Waals surface area (Å²) in [5, 5.41) is 6.12. The first-order valence-corrected chi connectivity index (χ1v) is 10.8. The van der Waals surface area contributed by atoms with Gasteiger partial charge in [-0.2, -0.15) is 0 Å². The van der Waals surface area contributed by atoms with Crippen LogP contribution in [0.4, 0.5) is 4.39 Å². The third-order valence-corrected chi connectivity index (χ3v) is 4.66. The predicted molar refractivity (Wildman–Crippen MR) is 134 cm³/mol. The fourth-order valence-corrected chi connectivity index (χ4v) is 3.31. The third kappa shape index (κ3) is 11.1. The van der Waals surface area contributed by atoms with Crippen molar-refractivity contribution in [2.24, 2.45) is 0 Å². The van der Waals surface area contributed by atoms with Crippen molar-refractivity contribution in [1.29, 1.82) is 0 Å². The summed E-state index contributed by atoms with van der Waals surface area (Å²) in [6.45, 7) is 18.2. The van der Waals surface area contributed by atoms with Crippen LogP contribution < -0.4 is 5.32 Å². The lowest BCUT2D eigenvalue weighted by atomic mass is 10.0. The van der Waals surface area contributed by atoms with Crippen molar-refractivity contribution in [3.63, 3.8) is 0 Å². The van der Waals surface area contributed by atoms with Crippen molar-refractivity contribution in [1.82, 2.24) is 10.2 Å². The Morgan fingerprint density at radius 2 is 1.70 bits per heavy atom. The summed E-state index contributed by atoms with van der Waals surface area (Å²) >= 11 is 0. The minimum Gasteiger partial charge on any atom is -0.314 e. The van der Waals surface area contributed by atoms with Gasteiger partial charge in [0.25, 0.3) is 0 Å². The standard InChI is InChI=1S/C13H14.C11H20N2.C2H4.CH3F/c1-2-6-11-8-5-9-12-7-3-4-10-13(11)12;1-3-4-5-11(2)10-13-8-6-12-7-9-13;2*1-2/h3-5,7-10H,2,6H2,1H3;3-5,12H,6-10H2,1-2H3;1-2H2;1H3/b;4-3-,11-5+;;. The Kier molecular flexibility index (Phi) is 17.4. The molecule has 1 heterocycles. The highest BCUT2D eigenvalue weighted by Crippen LogP contribution is 2.19. The van der Waals surface area contributed by atoms with Crippen LogP contribution in [0.25, 0.3) is 10.8 Å². The number of aryl methyl sites for hydroxylation is 1. The number of halogens is 1. The highest BCUT2D eigenvalue weighted by atomic mass is 19.1. The van der Waals surface area contributed by atoms with Gasteiger partial charge in [-0.05, 0) is 36.6 Å². The van der Waals surface area contributed by atoms with E-state index >= 15 is 0 Å². The Hall–Kier alpha value is -2.23. The molecule has 166 valence electrons. The van der Waals surface area contributed by atoms with E-state index in [1.54, 1.807) is 0 Å². The fourth-order valence-electron chi connectivity index (χ4n) is 3.31. The average Bonchev–Trinajstić information content (AvgIpc) is 2.82. The van der Waals surface area contributed by atoms with E-state index in [-0.39, 0.29) is 0 Å². The van der Waals surface area contributed by atoms with E-state index < -0.39 is 0 Å². The van der Waals surface area contributed by atoms with E-state index in [2.05, 4.69) is 105 Å². The van der Waals surface area contributed by atoms with Crippen molar-refractivity contribution >= 4 is 10.8 Å². The highest BCUT2D eigenvalue weighted by Gasteiger charge is 2.08. The second kappa shape index (κ2) is 18.8. The quantitative estimate of drug-likeness (QED) is 0.440. The van der Waals surface area contributed by atoms with Crippen LogP contribution in [0.5, 0.6) is 0 Å². The zero-order valence-corrected chi connectivity index (χ0v) is 19.5. The van der Waals surface area contributed by atoms with Gasteiger partial charge in [0.1, 0.15) is 0 Å². The molecule has 3 heteroatoms. The number of benzene rings is 2. The SMILES string of the molecule is C/C=C\C=C(/C)CN1CCNCC1.C=C.CCCc1cccc2ccccc12.CF. The maximum Gasteiger partial charge on any atom is 0.0785 e. The first-order chi connectivity index (χ1) is 14.7. The summed E-state index contributed by atoms with van der Waals surface area (Å²) < 4.78 is 9.50. The number of fused-ring (bicyclic) bond motifs is 1. The molecule has 0 saturated carbocycles. The number of piperazine rings is 1. The maximum absolute atomic E-state index is 9.50. The molecular formula is C27H41FN2. The lowest BCUT2D eigenvalue weighted by Crippen LogP contribution is -2.43.